The Hall–Kier alpha value is -2.39. The summed E-state index contributed by atoms with van der Waals surface area (Å²) in [5.41, 5.74) is 1.84. The molecule has 0 bridgehead atoms. The monoisotopic (exact) mass is 447 g/mol. The maximum absolute atomic E-state index is 12.3. The van der Waals surface area contributed by atoms with E-state index in [0.29, 0.717) is 5.16 Å². The van der Waals surface area contributed by atoms with E-state index in [2.05, 4.69) is 36.8 Å². The number of ether oxygens (including phenoxy) is 1. The predicted molar refractivity (Wildman–Crippen MR) is 107 cm³/mol. The van der Waals surface area contributed by atoms with Crippen molar-refractivity contribution in [2.45, 2.75) is 18.1 Å². The molecule has 0 radical (unpaired) electrons. The third-order valence-corrected chi connectivity index (χ3v) is 5.29. The van der Waals surface area contributed by atoms with Crippen molar-refractivity contribution in [1.82, 2.24) is 25.5 Å². The Morgan fingerprint density at radius 3 is 2.59 bits per heavy atom. The number of hydrogen-bond donors (Lipinski definition) is 1. The van der Waals surface area contributed by atoms with E-state index in [0.717, 1.165) is 21.5 Å². The van der Waals surface area contributed by atoms with Gasteiger partial charge in [-0.3, -0.25) is 4.79 Å². The van der Waals surface area contributed by atoms with Crippen LogP contribution in [0.5, 0.6) is 5.75 Å². The molecule has 0 saturated carbocycles. The van der Waals surface area contributed by atoms with E-state index in [-0.39, 0.29) is 17.7 Å². The third kappa shape index (κ3) is 5.08. The first-order chi connectivity index (χ1) is 13.1. The number of nitrogens with one attached hydrogen (secondary N) is 1. The lowest BCUT2D eigenvalue weighted by atomic mass is 10.1. The van der Waals surface area contributed by atoms with Crippen molar-refractivity contribution >= 4 is 33.6 Å². The van der Waals surface area contributed by atoms with Crippen LogP contribution < -0.4 is 10.1 Å². The Balaban J connectivity index is 1.59. The maximum atomic E-state index is 12.3. The van der Waals surface area contributed by atoms with Gasteiger partial charge in [-0.15, -0.1) is 5.10 Å². The van der Waals surface area contributed by atoms with Gasteiger partial charge in [0.15, 0.2) is 0 Å². The lowest BCUT2D eigenvalue weighted by Crippen LogP contribution is -2.28. The minimum Gasteiger partial charge on any atom is -0.497 e. The summed E-state index contributed by atoms with van der Waals surface area (Å²) in [5.74, 6) is 0.888. The van der Waals surface area contributed by atoms with Gasteiger partial charge in [0.1, 0.15) is 5.75 Å². The molecule has 0 aliphatic carbocycles. The molecule has 0 aliphatic rings. The lowest BCUT2D eigenvalue weighted by Gasteiger charge is -2.14. The fourth-order valence-corrected chi connectivity index (χ4v) is 3.37. The number of nitrogens with zero attached hydrogens (tertiary/aromatic N) is 4. The summed E-state index contributed by atoms with van der Waals surface area (Å²) in [7, 11) is 1.61. The average molecular weight is 448 g/mol. The zero-order valence-corrected chi connectivity index (χ0v) is 17.2. The molecule has 1 N–H and O–H groups in total. The van der Waals surface area contributed by atoms with Crippen molar-refractivity contribution in [3.8, 4) is 11.4 Å². The van der Waals surface area contributed by atoms with Gasteiger partial charge in [-0.2, -0.15) is 4.68 Å². The number of tetrazole rings is 1. The number of hydrogen-bond acceptors (Lipinski definition) is 6. The Morgan fingerprint density at radius 2 is 1.93 bits per heavy atom. The Kier molecular flexibility index (Phi) is 6.46. The molecule has 7 nitrogen and oxygen atoms in total. The van der Waals surface area contributed by atoms with Crippen LogP contribution in [0.15, 0.2) is 58.2 Å². The molecule has 0 saturated heterocycles. The van der Waals surface area contributed by atoms with Crippen LogP contribution in [0.4, 0.5) is 0 Å². The van der Waals surface area contributed by atoms with Crippen LogP contribution in [0.3, 0.4) is 0 Å². The standard InChI is InChI=1S/C18H18BrN5O2S/c1-12(13-3-5-14(19)6-4-13)20-17(25)11-27-18-21-22-23-24(18)15-7-9-16(26-2)10-8-15/h3-10,12H,11H2,1-2H3,(H,20,25). The van der Waals surface area contributed by atoms with E-state index < -0.39 is 0 Å². The minimum absolute atomic E-state index is 0.0798. The van der Waals surface area contributed by atoms with Gasteiger partial charge in [0.25, 0.3) is 0 Å². The maximum Gasteiger partial charge on any atom is 0.230 e. The highest BCUT2D eigenvalue weighted by atomic mass is 79.9. The molecule has 1 atom stereocenters. The van der Waals surface area contributed by atoms with Crippen molar-refractivity contribution in [2.24, 2.45) is 0 Å². The van der Waals surface area contributed by atoms with Gasteiger partial charge >= 0.3 is 0 Å². The summed E-state index contributed by atoms with van der Waals surface area (Å²) in [6.45, 7) is 1.95. The highest BCUT2D eigenvalue weighted by Gasteiger charge is 2.14. The van der Waals surface area contributed by atoms with E-state index in [1.54, 1.807) is 11.8 Å². The van der Waals surface area contributed by atoms with Crippen molar-refractivity contribution < 1.29 is 9.53 Å². The van der Waals surface area contributed by atoms with Gasteiger partial charge in [0.05, 0.1) is 24.6 Å². The third-order valence-electron chi connectivity index (χ3n) is 3.84. The molecule has 140 valence electrons. The SMILES string of the molecule is COc1ccc(-n2nnnc2SCC(=O)NC(C)c2ccc(Br)cc2)cc1. The zero-order chi connectivity index (χ0) is 19.2. The summed E-state index contributed by atoms with van der Waals surface area (Å²) in [4.78, 5) is 12.3. The highest BCUT2D eigenvalue weighted by Crippen LogP contribution is 2.21. The molecule has 1 aromatic heterocycles. The number of amides is 1. The first kappa shape index (κ1) is 19.4. The number of carbonyl (C=O) groups is 1. The molecule has 1 heterocycles. The van der Waals surface area contributed by atoms with Crippen LogP contribution >= 0.6 is 27.7 Å². The van der Waals surface area contributed by atoms with Gasteiger partial charge in [-0.25, -0.2) is 0 Å². The van der Waals surface area contributed by atoms with E-state index in [9.17, 15) is 4.79 Å². The Morgan fingerprint density at radius 1 is 1.22 bits per heavy atom. The average Bonchev–Trinajstić information content (AvgIpc) is 3.15. The molecule has 1 amide bonds. The second-order valence-corrected chi connectivity index (χ2v) is 7.56. The molecule has 0 spiro atoms. The number of methoxy groups -OCH3 is 1. The molecular weight excluding hydrogens is 430 g/mol. The molecule has 0 fully saturated rings. The van der Waals surface area contributed by atoms with Crippen molar-refractivity contribution in [3.05, 3.63) is 58.6 Å². The van der Waals surface area contributed by atoms with Crippen LogP contribution in [-0.4, -0.2) is 39.0 Å². The molecule has 3 rings (SSSR count). The van der Waals surface area contributed by atoms with E-state index in [4.69, 9.17) is 4.74 Å². The Bertz CT molecular complexity index is 899. The van der Waals surface area contributed by atoms with Crippen molar-refractivity contribution in [3.63, 3.8) is 0 Å². The smallest absolute Gasteiger partial charge is 0.230 e. The van der Waals surface area contributed by atoms with Crippen LogP contribution in [0.2, 0.25) is 0 Å². The molecule has 0 aliphatic heterocycles. The van der Waals surface area contributed by atoms with E-state index in [1.165, 1.54) is 11.8 Å². The fraction of sp³-hybridized carbons (Fsp3) is 0.222. The number of aromatic nitrogens is 4. The van der Waals surface area contributed by atoms with Crippen LogP contribution in [-0.2, 0) is 4.79 Å². The topological polar surface area (TPSA) is 81.9 Å². The normalized spacial score (nSPS) is 11.8. The fourth-order valence-electron chi connectivity index (χ4n) is 2.40. The molecule has 2 aromatic carbocycles. The zero-order valence-electron chi connectivity index (χ0n) is 14.8. The lowest BCUT2D eigenvalue weighted by molar-refractivity contribution is -0.119. The van der Waals surface area contributed by atoms with Gasteiger partial charge < -0.3 is 10.1 Å². The van der Waals surface area contributed by atoms with Crippen LogP contribution in [0.1, 0.15) is 18.5 Å². The number of rotatable bonds is 7. The van der Waals surface area contributed by atoms with Gasteiger partial charge in [-0.05, 0) is 59.3 Å². The second kappa shape index (κ2) is 9.01. The number of benzene rings is 2. The molecular formula is C18H18BrN5O2S. The minimum atomic E-state index is -0.0836. The van der Waals surface area contributed by atoms with Crippen molar-refractivity contribution in [2.75, 3.05) is 12.9 Å². The van der Waals surface area contributed by atoms with E-state index >= 15 is 0 Å². The summed E-state index contributed by atoms with van der Waals surface area (Å²) >= 11 is 4.69. The molecule has 3 aromatic rings. The first-order valence-electron chi connectivity index (χ1n) is 8.17. The van der Waals surface area contributed by atoms with Crippen LogP contribution in [0.25, 0.3) is 5.69 Å². The summed E-state index contributed by atoms with van der Waals surface area (Å²) < 4.78 is 7.75. The summed E-state index contributed by atoms with van der Waals surface area (Å²) in [5, 5.41) is 15.2. The second-order valence-electron chi connectivity index (χ2n) is 5.70. The van der Waals surface area contributed by atoms with Crippen LogP contribution in [0, 0.1) is 0 Å². The number of carbonyl (C=O) groups excluding carboxylic acids is 1. The summed E-state index contributed by atoms with van der Waals surface area (Å²) in [6, 6.07) is 15.2. The largest absolute Gasteiger partial charge is 0.497 e. The Labute approximate surface area is 169 Å². The van der Waals surface area contributed by atoms with Gasteiger partial charge in [-0.1, -0.05) is 39.8 Å². The summed E-state index contributed by atoms with van der Waals surface area (Å²) in [6.07, 6.45) is 0. The molecule has 1 unspecified atom stereocenters. The first-order valence-corrected chi connectivity index (χ1v) is 9.95. The molecule has 27 heavy (non-hydrogen) atoms. The number of halogens is 1. The van der Waals surface area contributed by atoms with Crippen molar-refractivity contribution in [1.29, 1.82) is 0 Å². The molecule has 9 heteroatoms. The predicted octanol–water partition coefficient (Wildman–Crippen LogP) is 3.40. The number of thioether (sulfide) groups is 1. The van der Waals surface area contributed by atoms with Gasteiger partial charge in [0, 0.05) is 4.47 Å². The van der Waals surface area contributed by atoms with E-state index in [1.807, 2.05) is 55.5 Å². The quantitative estimate of drug-likeness (QED) is 0.558. The highest BCUT2D eigenvalue weighted by molar-refractivity contribution is 9.10. The van der Waals surface area contributed by atoms with Gasteiger partial charge in [0.2, 0.25) is 11.1 Å².